The summed E-state index contributed by atoms with van der Waals surface area (Å²) in [6.07, 6.45) is -4.53. The number of imidazole rings is 1. The lowest BCUT2D eigenvalue weighted by Crippen LogP contribution is -2.41. The molecule has 0 radical (unpaired) electrons. The molecule has 0 spiro atoms. The van der Waals surface area contributed by atoms with Crippen molar-refractivity contribution >= 4 is 26.8 Å². The Morgan fingerprint density at radius 2 is 1.55 bits per heavy atom. The Morgan fingerprint density at radius 3 is 2.24 bits per heavy atom. The fourth-order valence-electron chi connectivity index (χ4n) is 4.80. The van der Waals surface area contributed by atoms with E-state index < -0.39 is 32.6 Å². The summed E-state index contributed by atoms with van der Waals surface area (Å²) in [4.78, 5) is 17.3. The second kappa shape index (κ2) is 9.95. The van der Waals surface area contributed by atoms with Gasteiger partial charge >= 0.3 is 6.18 Å². The van der Waals surface area contributed by atoms with Crippen molar-refractivity contribution in [1.82, 2.24) is 13.9 Å². The monoisotopic (exact) mass is 545 g/mol. The molecule has 4 aromatic rings. The van der Waals surface area contributed by atoms with Crippen LogP contribution in [0.4, 0.5) is 17.6 Å². The van der Waals surface area contributed by atoms with Gasteiger partial charge in [-0.05, 0) is 54.8 Å². The average molecular weight is 546 g/mol. The Balaban J connectivity index is 1.38. The maximum atomic E-state index is 13.6. The van der Waals surface area contributed by atoms with E-state index in [2.05, 4.69) is 4.98 Å². The summed E-state index contributed by atoms with van der Waals surface area (Å²) in [7, 11) is -4.41. The number of fused-ring (bicyclic) bond motifs is 1. The van der Waals surface area contributed by atoms with Gasteiger partial charge in [-0.25, -0.2) is 17.8 Å². The summed E-state index contributed by atoms with van der Waals surface area (Å²) in [6.45, 7) is 0.0928. The van der Waals surface area contributed by atoms with E-state index in [1.165, 1.54) is 18.2 Å². The second-order valence-corrected chi connectivity index (χ2v) is 11.1. The van der Waals surface area contributed by atoms with Crippen molar-refractivity contribution < 1.29 is 30.8 Å². The highest BCUT2D eigenvalue weighted by molar-refractivity contribution is 7.89. The molecule has 1 fully saturated rings. The number of carbonyl (C=O) groups is 1. The first-order valence-corrected chi connectivity index (χ1v) is 13.4. The van der Waals surface area contributed by atoms with E-state index in [4.69, 9.17) is 0 Å². The zero-order chi connectivity index (χ0) is 27.1. The number of carbonyl (C=O) groups excluding carboxylic acids is 1. The molecular weight excluding hydrogens is 522 g/mol. The molecular formula is C27H23F4N3O3S. The van der Waals surface area contributed by atoms with E-state index in [9.17, 15) is 30.8 Å². The van der Waals surface area contributed by atoms with Crippen molar-refractivity contribution in [3.63, 3.8) is 0 Å². The Morgan fingerprint density at radius 1 is 0.921 bits per heavy atom. The van der Waals surface area contributed by atoms with E-state index >= 15 is 0 Å². The van der Waals surface area contributed by atoms with Gasteiger partial charge < -0.3 is 4.57 Å². The number of ketones is 1. The molecule has 0 atom stereocenters. The van der Waals surface area contributed by atoms with Crippen molar-refractivity contribution in [3.05, 3.63) is 95.6 Å². The maximum absolute atomic E-state index is 13.6. The van der Waals surface area contributed by atoms with E-state index in [1.54, 1.807) is 28.8 Å². The van der Waals surface area contributed by atoms with Crippen LogP contribution in [0.1, 0.15) is 34.6 Å². The lowest BCUT2D eigenvalue weighted by Gasteiger charge is -2.31. The zero-order valence-corrected chi connectivity index (χ0v) is 20.8. The number of benzene rings is 3. The summed E-state index contributed by atoms with van der Waals surface area (Å²) < 4.78 is 82.7. The first-order chi connectivity index (χ1) is 18.1. The van der Waals surface area contributed by atoms with Crippen molar-refractivity contribution in [2.24, 2.45) is 5.92 Å². The number of Topliss-reactive ketones (excluding diaryl/α,β-unsaturated/α-hetero) is 1. The van der Waals surface area contributed by atoms with E-state index in [1.807, 2.05) is 12.1 Å². The molecule has 1 saturated heterocycles. The first-order valence-electron chi connectivity index (χ1n) is 12.0. The first kappa shape index (κ1) is 26.1. The quantitative estimate of drug-likeness (QED) is 0.236. The van der Waals surface area contributed by atoms with Crippen molar-refractivity contribution in [2.45, 2.75) is 30.5 Å². The third kappa shape index (κ3) is 4.95. The lowest BCUT2D eigenvalue weighted by molar-refractivity contribution is -0.139. The molecule has 198 valence electrons. The van der Waals surface area contributed by atoms with E-state index in [0.29, 0.717) is 5.52 Å². The molecule has 0 aliphatic carbocycles. The Kier molecular flexibility index (Phi) is 6.83. The molecule has 38 heavy (non-hydrogen) atoms. The SMILES string of the molecule is O=C(c1nc2ccccc2n1Cc1ccc(F)cc1)C1CCN(S(=O)(=O)c2ccccc2C(F)(F)F)CC1. The number of sulfonamides is 1. The van der Waals surface area contributed by atoms with Crippen LogP contribution in [0.15, 0.2) is 77.7 Å². The van der Waals surface area contributed by atoms with Gasteiger partial charge in [0.15, 0.2) is 5.82 Å². The molecule has 1 aromatic heterocycles. The van der Waals surface area contributed by atoms with Crippen LogP contribution in [-0.4, -0.2) is 41.1 Å². The third-order valence-electron chi connectivity index (χ3n) is 6.76. The molecule has 1 aliphatic heterocycles. The van der Waals surface area contributed by atoms with Gasteiger partial charge in [0.25, 0.3) is 0 Å². The van der Waals surface area contributed by atoms with E-state index in [0.717, 1.165) is 33.6 Å². The van der Waals surface area contributed by atoms with Gasteiger partial charge in [0.05, 0.1) is 21.5 Å². The maximum Gasteiger partial charge on any atom is 0.417 e. The molecule has 5 rings (SSSR count). The Hall–Kier alpha value is -3.57. The number of piperidine rings is 1. The number of nitrogens with zero attached hydrogens (tertiary/aromatic N) is 3. The fraction of sp³-hybridized carbons (Fsp3) is 0.259. The topological polar surface area (TPSA) is 72.3 Å². The summed E-state index contributed by atoms with van der Waals surface area (Å²) in [5, 5.41) is 0. The summed E-state index contributed by atoms with van der Waals surface area (Å²) in [5.74, 6) is -0.988. The summed E-state index contributed by atoms with van der Waals surface area (Å²) >= 11 is 0. The van der Waals surface area contributed by atoms with Crippen LogP contribution in [0, 0.1) is 11.7 Å². The molecule has 0 amide bonds. The molecule has 0 N–H and O–H groups in total. The average Bonchev–Trinajstić information content (AvgIpc) is 3.27. The highest BCUT2D eigenvalue weighted by atomic mass is 32.2. The van der Waals surface area contributed by atoms with Crippen LogP contribution in [0.25, 0.3) is 11.0 Å². The molecule has 3 aromatic carbocycles. The zero-order valence-electron chi connectivity index (χ0n) is 20.0. The Bertz CT molecular complexity index is 1590. The minimum atomic E-state index is -4.82. The number of hydrogen-bond acceptors (Lipinski definition) is 4. The largest absolute Gasteiger partial charge is 0.417 e. The summed E-state index contributed by atoms with van der Waals surface area (Å²) in [6, 6.07) is 17.2. The number of aromatic nitrogens is 2. The lowest BCUT2D eigenvalue weighted by atomic mass is 9.93. The van der Waals surface area contributed by atoms with Crippen LogP contribution < -0.4 is 0 Å². The van der Waals surface area contributed by atoms with Gasteiger partial charge in [0.1, 0.15) is 5.82 Å². The van der Waals surface area contributed by atoms with Crippen LogP contribution in [0.3, 0.4) is 0 Å². The number of rotatable bonds is 6. The predicted molar refractivity (Wildman–Crippen MR) is 132 cm³/mol. The molecule has 0 saturated carbocycles. The Labute approximate surface area is 216 Å². The molecule has 6 nitrogen and oxygen atoms in total. The van der Waals surface area contributed by atoms with Gasteiger partial charge in [0.2, 0.25) is 15.8 Å². The molecule has 0 unspecified atom stereocenters. The minimum absolute atomic E-state index is 0.0941. The van der Waals surface area contributed by atoms with Gasteiger partial charge in [-0.2, -0.15) is 17.5 Å². The highest BCUT2D eigenvalue weighted by Gasteiger charge is 2.40. The van der Waals surface area contributed by atoms with Crippen molar-refractivity contribution in [2.75, 3.05) is 13.1 Å². The fourth-order valence-corrected chi connectivity index (χ4v) is 6.48. The highest BCUT2D eigenvalue weighted by Crippen LogP contribution is 2.36. The molecule has 11 heteroatoms. The standard InChI is InChI=1S/C27H23F4N3O3S/c28-20-11-9-18(10-12-20)17-34-23-7-3-2-6-22(23)32-26(34)25(35)19-13-15-33(16-14-19)38(36,37)24-8-4-1-5-21(24)27(29,30)31/h1-12,19H,13-17H2. The molecule has 0 bridgehead atoms. The van der Waals surface area contributed by atoms with Gasteiger partial charge in [-0.1, -0.05) is 36.4 Å². The van der Waals surface area contributed by atoms with E-state index in [-0.39, 0.29) is 49.9 Å². The van der Waals surface area contributed by atoms with Crippen LogP contribution >= 0.6 is 0 Å². The second-order valence-electron chi connectivity index (χ2n) is 9.17. The number of alkyl halides is 3. The number of hydrogen-bond donors (Lipinski definition) is 0. The van der Waals surface area contributed by atoms with Crippen molar-refractivity contribution in [1.29, 1.82) is 0 Å². The van der Waals surface area contributed by atoms with Crippen LogP contribution in [-0.2, 0) is 22.7 Å². The molecule has 2 heterocycles. The summed E-state index contributed by atoms with van der Waals surface area (Å²) in [5.41, 5.74) is 0.895. The minimum Gasteiger partial charge on any atom is -0.317 e. The van der Waals surface area contributed by atoms with Gasteiger partial charge in [0, 0.05) is 25.6 Å². The van der Waals surface area contributed by atoms with Gasteiger partial charge in [-0.3, -0.25) is 4.79 Å². The van der Waals surface area contributed by atoms with Crippen LogP contribution in [0.5, 0.6) is 0 Å². The smallest absolute Gasteiger partial charge is 0.317 e. The predicted octanol–water partition coefficient (Wildman–Crippen LogP) is 5.53. The van der Waals surface area contributed by atoms with Gasteiger partial charge in [-0.15, -0.1) is 0 Å². The number of halogens is 4. The third-order valence-corrected chi connectivity index (χ3v) is 8.72. The molecule has 1 aliphatic rings. The van der Waals surface area contributed by atoms with Crippen LogP contribution in [0.2, 0.25) is 0 Å². The van der Waals surface area contributed by atoms with Crippen molar-refractivity contribution in [3.8, 4) is 0 Å². The normalized spacial score (nSPS) is 15.7. The number of para-hydroxylation sites is 2.